The van der Waals surface area contributed by atoms with Gasteiger partial charge in [0.05, 0.1) is 5.41 Å². The summed E-state index contributed by atoms with van der Waals surface area (Å²) in [6, 6.07) is 0. The van der Waals surface area contributed by atoms with Gasteiger partial charge in [-0.05, 0) is 40.2 Å². The number of hydrogen-bond donors (Lipinski definition) is 0. The summed E-state index contributed by atoms with van der Waals surface area (Å²) >= 11 is 0. The predicted octanol–water partition coefficient (Wildman–Crippen LogP) is 2.48. The highest BCUT2D eigenvalue weighted by molar-refractivity contribution is 6.08. The number of carbonyl (C=O) groups excluding carboxylic acids is 1. The maximum absolute atomic E-state index is 12.4. The lowest BCUT2D eigenvalue weighted by molar-refractivity contribution is -0.140. The number of hydrogen-bond acceptors (Lipinski definition) is 2. The van der Waals surface area contributed by atoms with Crippen molar-refractivity contribution in [2.75, 3.05) is 0 Å². The molecular formula is C13H18O2. The number of rotatable bonds is 0. The van der Waals surface area contributed by atoms with Crippen molar-refractivity contribution in [3.8, 4) is 0 Å². The third-order valence-electron chi connectivity index (χ3n) is 6.29. The molecule has 1 heterocycles. The molecule has 3 rings (SSSR count). The van der Waals surface area contributed by atoms with E-state index in [9.17, 15) is 4.79 Å². The Morgan fingerprint density at radius 2 is 1.40 bits per heavy atom. The first kappa shape index (κ1) is 9.59. The Kier molecular flexibility index (Phi) is 1.17. The zero-order chi connectivity index (χ0) is 11.4. The number of fused-ring (bicyclic) bond motifs is 4. The fourth-order valence-corrected chi connectivity index (χ4v) is 4.53. The minimum Gasteiger partial charge on any atom is -0.361 e. The van der Waals surface area contributed by atoms with Crippen molar-refractivity contribution in [1.82, 2.24) is 0 Å². The van der Waals surface area contributed by atoms with Crippen LogP contribution in [0.5, 0.6) is 0 Å². The first-order chi connectivity index (χ1) is 6.68. The first-order valence-electron chi connectivity index (χ1n) is 5.61. The molecule has 4 unspecified atom stereocenters. The molecule has 0 aromatic rings. The van der Waals surface area contributed by atoms with Gasteiger partial charge in [-0.1, -0.05) is 12.5 Å². The molecule has 4 atom stereocenters. The summed E-state index contributed by atoms with van der Waals surface area (Å²) in [7, 11) is 0. The van der Waals surface area contributed by atoms with Gasteiger partial charge in [0.1, 0.15) is 11.2 Å². The van der Waals surface area contributed by atoms with E-state index in [1.54, 1.807) is 0 Å². The Bertz CT molecular complexity index is 449. The molecule has 0 aromatic carbocycles. The van der Waals surface area contributed by atoms with Gasteiger partial charge in [0.15, 0.2) is 5.78 Å². The van der Waals surface area contributed by atoms with Gasteiger partial charge in [0.2, 0.25) is 0 Å². The summed E-state index contributed by atoms with van der Waals surface area (Å²) in [6.07, 6.45) is 0. The van der Waals surface area contributed by atoms with E-state index in [1.807, 2.05) is 6.92 Å². The number of ketones is 1. The summed E-state index contributed by atoms with van der Waals surface area (Å²) in [5.74, 6) is 0.292. The number of carbonyl (C=O) groups is 1. The zero-order valence-electron chi connectivity index (χ0n) is 10.3. The monoisotopic (exact) mass is 206 g/mol. The lowest BCUT2D eigenvalue weighted by atomic mass is 9.40. The molecule has 2 aliphatic carbocycles. The average Bonchev–Trinajstić information content (AvgIpc) is 2.71. The van der Waals surface area contributed by atoms with E-state index < -0.39 is 0 Å². The SMILES string of the molecule is CC1=C(C)C2(C)C3(C)OC3(C)C2(C)C1=O. The summed E-state index contributed by atoms with van der Waals surface area (Å²) in [5.41, 5.74) is 1.42. The number of Topliss-reactive ketones (excluding diaryl/α,β-unsaturated/α-hetero) is 1. The fraction of sp³-hybridized carbons (Fsp3) is 0.769. The van der Waals surface area contributed by atoms with Crippen molar-refractivity contribution >= 4 is 5.78 Å². The van der Waals surface area contributed by atoms with Crippen LogP contribution in [0.4, 0.5) is 0 Å². The molecule has 0 radical (unpaired) electrons. The molecule has 0 amide bonds. The van der Waals surface area contributed by atoms with Crippen molar-refractivity contribution < 1.29 is 9.53 Å². The quantitative estimate of drug-likeness (QED) is 0.570. The van der Waals surface area contributed by atoms with Crippen LogP contribution in [0.1, 0.15) is 41.5 Å². The number of epoxide rings is 1. The maximum atomic E-state index is 12.4. The van der Waals surface area contributed by atoms with Crippen LogP contribution in [0.2, 0.25) is 0 Å². The zero-order valence-corrected chi connectivity index (χ0v) is 10.3. The molecule has 3 aliphatic rings. The van der Waals surface area contributed by atoms with Crippen molar-refractivity contribution in [3.05, 3.63) is 11.1 Å². The topological polar surface area (TPSA) is 29.6 Å². The molecule has 0 N–H and O–H groups in total. The van der Waals surface area contributed by atoms with E-state index in [1.165, 1.54) is 5.57 Å². The average molecular weight is 206 g/mol. The second-order valence-electron chi connectivity index (χ2n) is 6.00. The number of ether oxygens (including phenoxy) is 1. The second-order valence-corrected chi connectivity index (χ2v) is 6.00. The Morgan fingerprint density at radius 1 is 0.933 bits per heavy atom. The highest BCUT2D eigenvalue weighted by Gasteiger charge is 2.96. The Morgan fingerprint density at radius 3 is 1.87 bits per heavy atom. The van der Waals surface area contributed by atoms with Gasteiger partial charge in [-0.15, -0.1) is 0 Å². The largest absolute Gasteiger partial charge is 0.361 e. The van der Waals surface area contributed by atoms with Crippen LogP contribution in [0, 0.1) is 10.8 Å². The van der Waals surface area contributed by atoms with Crippen LogP contribution in [-0.2, 0) is 9.53 Å². The minimum atomic E-state index is -0.330. The molecule has 0 spiro atoms. The molecule has 2 nitrogen and oxygen atoms in total. The van der Waals surface area contributed by atoms with Crippen molar-refractivity contribution in [1.29, 1.82) is 0 Å². The van der Waals surface area contributed by atoms with Gasteiger partial charge >= 0.3 is 0 Å². The van der Waals surface area contributed by atoms with Crippen LogP contribution >= 0.6 is 0 Å². The first-order valence-corrected chi connectivity index (χ1v) is 5.61. The standard InChI is InChI=1S/C13H18O2/c1-7-8(2)10(3)11(4,9(7)14)13(6)12(10,5)15-13/h1-6H3. The molecule has 0 aromatic heterocycles. The lowest BCUT2D eigenvalue weighted by Gasteiger charge is -2.56. The summed E-state index contributed by atoms with van der Waals surface area (Å²) < 4.78 is 5.91. The van der Waals surface area contributed by atoms with Crippen molar-refractivity contribution in [3.63, 3.8) is 0 Å². The van der Waals surface area contributed by atoms with Crippen LogP contribution in [0.3, 0.4) is 0 Å². The highest BCUT2D eigenvalue weighted by atomic mass is 16.6. The molecule has 1 saturated carbocycles. The molecular weight excluding hydrogens is 188 g/mol. The van der Waals surface area contributed by atoms with Gasteiger partial charge in [-0.2, -0.15) is 0 Å². The summed E-state index contributed by atoms with van der Waals surface area (Å²) in [6.45, 7) is 12.5. The maximum Gasteiger partial charge on any atom is 0.168 e. The van der Waals surface area contributed by atoms with E-state index in [0.717, 1.165) is 5.57 Å². The molecule has 0 bridgehead atoms. The van der Waals surface area contributed by atoms with Crippen molar-refractivity contribution in [2.24, 2.45) is 10.8 Å². The predicted molar refractivity (Wildman–Crippen MR) is 57.5 cm³/mol. The molecule has 2 heteroatoms. The number of allylic oxidation sites excluding steroid dienone is 1. The molecule has 1 aliphatic heterocycles. The Balaban J connectivity index is 2.29. The third kappa shape index (κ3) is 0.490. The van der Waals surface area contributed by atoms with Gasteiger partial charge in [-0.3, -0.25) is 4.79 Å². The van der Waals surface area contributed by atoms with Crippen LogP contribution in [0.25, 0.3) is 0 Å². The molecule has 15 heavy (non-hydrogen) atoms. The second kappa shape index (κ2) is 1.84. The van der Waals surface area contributed by atoms with Crippen molar-refractivity contribution in [2.45, 2.75) is 52.7 Å². The van der Waals surface area contributed by atoms with Gasteiger partial charge in [0, 0.05) is 5.41 Å². The summed E-state index contributed by atoms with van der Waals surface area (Å²) in [5, 5.41) is 0. The van der Waals surface area contributed by atoms with Gasteiger partial charge < -0.3 is 4.74 Å². The molecule has 82 valence electrons. The van der Waals surface area contributed by atoms with Crippen LogP contribution in [0.15, 0.2) is 11.1 Å². The fourth-order valence-electron chi connectivity index (χ4n) is 4.53. The Hall–Kier alpha value is -0.630. The van der Waals surface area contributed by atoms with E-state index in [0.29, 0.717) is 5.78 Å². The van der Waals surface area contributed by atoms with E-state index in [2.05, 4.69) is 34.6 Å². The summed E-state index contributed by atoms with van der Waals surface area (Å²) in [4.78, 5) is 12.4. The molecule has 1 saturated heterocycles. The Labute approximate surface area is 90.7 Å². The van der Waals surface area contributed by atoms with Crippen LogP contribution < -0.4 is 0 Å². The van der Waals surface area contributed by atoms with Gasteiger partial charge in [0.25, 0.3) is 0 Å². The third-order valence-corrected chi connectivity index (χ3v) is 6.29. The van der Waals surface area contributed by atoms with Gasteiger partial charge in [-0.25, -0.2) is 0 Å². The molecule has 2 fully saturated rings. The smallest absolute Gasteiger partial charge is 0.168 e. The normalized spacial score (nSPS) is 61.3. The van der Waals surface area contributed by atoms with E-state index in [-0.39, 0.29) is 22.0 Å². The van der Waals surface area contributed by atoms with E-state index in [4.69, 9.17) is 4.74 Å². The minimum absolute atomic E-state index is 0.0874. The van der Waals surface area contributed by atoms with E-state index >= 15 is 0 Å². The highest BCUT2D eigenvalue weighted by Crippen LogP contribution is 2.86. The van der Waals surface area contributed by atoms with Crippen LogP contribution in [-0.4, -0.2) is 17.0 Å². The lowest BCUT2D eigenvalue weighted by Crippen LogP contribution is -2.68.